The summed E-state index contributed by atoms with van der Waals surface area (Å²) in [5.41, 5.74) is 0.626. The molecule has 0 saturated carbocycles. The molecule has 0 amide bonds. The first-order valence-corrected chi connectivity index (χ1v) is 7.30. The molecule has 0 aromatic heterocycles. The third-order valence-corrected chi connectivity index (χ3v) is 3.83. The fourth-order valence-electron chi connectivity index (χ4n) is 2.72. The van der Waals surface area contributed by atoms with Crippen LogP contribution in [0, 0.1) is 21.7 Å². The zero-order valence-corrected chi connectivity index (χ0v) is 12.3. The molecule has 1 aliphatic heterocycles. The van der Waals surface area contributed by atoms with Gasteiger partial charge in [-0.1, -0.05) is 0 Å². The predicted octanol–water partition coefficient (Wildman–Crippen LogP) is 4.22. The maximum Gasteiger partial charge on any atom is 0.295 e. The topological polar surface area (TPSA) is 58.4 Å². The van der Waals surface area contributed by atoms with E-state index in [1.54, 1.807) is 12.1 Å². The zero-order chi connectivity index (χ0) is 16.4. The van der Waals surface area contributed by atoms with Crippen molar-refractivity contribution in [1.82, 2.24) is 0 Å². The van der Waals surface area contributed by atoms with E-state index in [4.69, 9.17) is 0 Å². The van der Waals surface area contributed by atoms with Gasteiger partial charge in [0.25, 0.3) is 5.69 Å². The molecule has 1 heterocycles. The van der Waals surface area contributed by atoms with Crippen LogP contribution in [0.4, 0.5) is 31.5 Å². The third-order valence-electron chi connectivity index (χ3n) is 3.83. The molecule has 23 heavy (non-hydrogen) atoms. The summed E-state index contributed by atoms with van der Waals surface area (Å²) in [5, 5.41) is 13.8. The number of rotatable bonds is 4. The highest BCUT2D eigenvalue weighted by Crippen LogP contribution is 2.31. The molecule has 0 radical (unpaired) electrons. The molecule has 2 aromatic rings. The molecule has 0 aliphatic carbocycles. The average Bonchev–Trinajstić information content (AvgIpc) is 3.03. The summed E-state index contributed by atoms with van der Waals surface area (Å²) in [4.78, 5) is 12.3. The van der Waals surface area contributed by atoms with E-state index in [0.717, 1.165) is 38.1 Å². The Morgan fingerprint density at radius 3 is 2.48 bits per heavy atom. The summed E-state index contributed by atoms with van der Waals surface area (Å²) in [6.07, 6.45) is 2.09. The van der Waals surface area contributed by atoms with E-state index in [2.05, 4.69) is 5.32 Å². The molecule has 3 rings (SSSR count). The Balaban J connectivity index is 1.86. The summed E-state index contributed by atoms with van der Waals surface area (Å²) in [6.45, 7) is 1.65. The SMILES string of the molecule is O=[N+]([O-])c1cc(F)ccc1Nc1ccc(N2CCCC2)c(F)c1. The highest BCUT2D eigenvalue weighted by Gasteiger charge is 2.18. The molecule has 0 bridgehead atoms. The lowest BCUT2D eigenvalue weighted by atomic mass is 10.2. The Bertz CT molecular complexity index is 746. The number of halogens is 2. The van der Waals surface area contributed by atoms with Crippen LogP contribution in [0.2, 0.25) is 0 Å². The molecule has 0 spiro atoms. The molecule has 1 saturated heterocycles. The monoisotopic (exact) mass is 319 g/mol. The molecule has 0 atom stereocenters. The van der Waals surface area contributed by atoms with Crippen LogP contribution in [0.3, 0.4) is 0 Å². The number of hydrogen-bond donors (Lipinski definition) is 1. The Hall–Kier alpha value is -2.70. The summed E-state index contributed by atoms with van der Waals surface area (Å²) < 4.78 is 27.4. The second-order valence-corrected chi connectivity index (χ2v) is 5.40. The van der Waals surface area contributed by atoms with Crippen molar-refractivity contribution in [3.05, 3.63) is 58.1 Å². The predicted molar refractivity (Wildman–Crippen MR) is 84.2 cm³/mol. The van der Waals surface area contributed by atoms with E-state index < -0.39 is 16.4 Å². The average molecular weight is 319 g/mol. The van der Waals surface area contributed by atoms with Gasteiger partial charge in [0, 0.05) is 18.8 Å². The summed E-state index contributed by atoms with van der Waals surface area (Å²) in [7, 11) is 0. The van der Waals surface area contributed by atoms with Crippen molar-refractivity contribution in [2.24, 2.45) is 0 Å². The first-order chi connectivity index (χ1) is 11.0. The molecule has 120 valence electrons. The van der Waals surface area contributed by atoms with Crippen LogP contribution in [0.1, 0.15) is 12.8 Å². The van der Waals surface area contributed by atoms with Crippen LogP contribution >= 0.6 is 0 Å². The van der Waals surface area contributed by atoms with E-state index >= 15 is 0 Å². The molecule has 0 unspecified atom stereocenters. The van der Waals surface area contributed by atoms with E-state index in [0.29, 0.717) is 11.4 Å². The van der Waals surface area contributed by atoms with Crippen LogP contribution in [0.15, 0.2) is 36.4 Å². The maximum absolute atomic E-state index is 14.3. The normalized spacial score (nSPS) is 14.1. The summed E-state index contributed by atoms with van der Waals surface area (Å²) in [6, 6.07) is 7.81. The van der Waals surface area contributed by atoms with Crippen molar-refractivity contribution in [2.75, 3.05) is 23.3 Å². The lowest BCUT2D eigenvalue weighted by Crippen LogP contribution is -2.18. The number of nitro groups is 1. The van der Waals surface area contributed by atoms with Crippen molar-refractivity contribution in [1.29, 1.82) is 0 Å². The fraction of sp³-hybridized carbons (Fsp3) is 0.250. The molecule has 5 nitrogen and oxygen atoms in total. The van der Waals surface area contributed by atoms with Crippen molar-refractivity contribution in [2.45, 2.75) is 12.8 Å². The molecule has 7 heteroatoms. The molecule has 1 fully saturated rings. The molecule has 2 aromatic carbocycles. The van der Waals surface area contributed by atoms with Gasteiger partial charge in [-0.3, -0.25) is 10.1 Å². The molecular weight excluding hydrogens is 304 g/mol. The third kappa shape index (κ3) is 3.23. The number of nitrogens with one attached hydrogen (secondary N) is 1. The lowest BCUT2D eigenvalue weighted by molar-refractivity contribution is -0.384. The minimum Gasteiger partial charge on any atom is -0.369 e. The van der Waals surface area contributed by atoms with E-state index in [9.17, 15) is 18.9 Å². The fourth-order valence-corrected chi connectivity index (χ4v) is 2.72. The Kier molecular flexibility index (Phi) is 4.10. The van der Waals surface area contributed by atoms with Gasteiger partial charge < -0.3 is 10.2 Å². The Morgan fingerprint density at radius 2 is 1.83 bits per heavy atom. The molecular formula is C16H15F2N3O2. The largest absolute Gasteiger partial charge is 0.369 e. The quantitative estimate of drug-likeness (QED) is 0.677. The number of hydrogen-bond acceptors (Lipinski definition) is 4. The van der Waals surface area contributed by atoms with Gasteiger partial charge in [-0.2, -0.15) is 0 Å². The lowest BCUT2D eigenvalue weighted by Gasteiger charge is -2.19. The summed E-state index contributed by atoms with van der Waals surface area (Å²) >= 11 is 0. The molecule has 1 N–H and O–H groups in total. The van der Waals surface area contributed by atoms with Crippen molar-refractivity contribution >= 4 is 22.7 Å². The van der Waals surface area contributed by atoms with Gasteiger partial charge in [-0.25, -0.2) is 8.78 Å². The Labute approximate surface area is 131 Å². The maximum atomic E-state index is 14.3. The van der Waals surface area contributed by atoms with Gasteiger partial charge in [0.1, 0.15) is 17.3 Å². The number of nitro benzene ring substituents is 1. The second kappa shape index (κ2) is 6.20. The Morgan fingerprint density at radius 1 is 1.09 bits per heavy atom. The number of nitrogens with zero attached hydrogens (tertiary/aromatic N) is 2. The highest BCUT2D eigenvalue weighted by molar-refractivity contribution is 5.70. The first-order valence-electron chi connectivity index (χ1n) is 7.30. The van der Waals surface area contributed by atoms with Crippen molar-refractivity contribution in [3.63, 3.8) is 0 Å². The van der Waals surface area contributed by atoms with Gasteiger partial charge in [0.15, 0.2) is 0 Å². The van der Waals surface area contributed by atoms with Crippen molar-refractivity contribution < 1.29 is 13.7 Å². The van der Waals surface area contributed by atoms with Crippen LogP contribution in [0.25, 0.3) is 0 Å². The van der Waals surface area contributed by atoms with Crippen molar-refractivity contribution in [3.8, 4) is 0 Å². The first kappa shape index (κ1) is 15.2. The summed E-state index contributed by atoms with van der Waals surface area (Å²) in [5.74, 6) is -1.08. The zero-order valence-electron chi connectivity index (χ0n) is 12.3. The van der Waals surface area contributed by atoms with Gasteiger partial charge in [-0.05, 0) is 43.2 Å². The second-order valence-electron chi connectivity index (χ2n) is 5.40. The van der Waals surface area contributed by atoms with Crippen LogP contribution < -0.4 is 10.2 Å². The van der Waals surface area contributed by atoms with E-state index in [1.165, 1.54) is 12.1 Å². The van der Waals surface area contributed by atoms with Gasteiger partial charge in [-0.15, -0.1) is 0 Å². The minimum absolute atomic E-state index is 0.115. The molecule has 1 aliphatic rings. The van der Waals surface area contributed by atoms with Gasteiger partial charge >= 0.3 is 0 Å². The van der Waals surface area contributed by atoms with E-state index in [-0.39, 0.29) is 11.5 Å². The number of anilines is 3. The number of benzene rings is 2. The van der Waals surface area contributed by atoms with Crippen LogP contribution in [0.5, 0.6) is 0 Å². The van der Waals surface area contributed by atoms with Gasteiger partial charge in [0.2, 0.25) is 0 Å². The van der Waals surface area contributed by atoms with E-state index in [1.807, 2.05) is 4.90 Å². The van der Waals surface area contributed by atoms with Crippen LogP contribution in [-0.2, 0) is 0 Å². The van der Waals surface area contributed by atoms with Crippen LogP contribution in [-0.4, -0.2) is 18.0 Å². The highest BCUT2D eigenvalue weighted by atomic mass is 19.1. The standard InChI is InChI=1S/C16H15F2N3O2/c17-11-3-5-14(16(9-11)21(22)23)19-12-4-6-15(13(18)10-12)20-7-1-2-8-20/h3-6,9-10,19H,1-2,7-8H2. The minimum atomic E-state index is -0.696. The smallest absolute Gasteiger partial charge is 0.295 e. The van der Waals surface area contributed by atoms with Gasteiger partial charge in [0.05, 0.1) is 16.7 Å².